The molecule has 0 spiro atoms. The van der Waals surface area contributed by atoms with Crippen LogP contribution in [-0.2, 0) is 16.1 Å². The van der Waals surface area contributed by atoms with E-state index in [1.54, 1.807) is 18.5 Å². The Balaban J connectivity index is 1.75. The van der Waals surface area contributed by atoms with Crippen LogP contribution in [0.1, 0.15) is 22.3 Å². The van der Waals surface area contributed by atoms with Crippen molar-refractivity contribution in [3.05, 3.63) is 101 Å². The number of aryl methyl sites for hydroxylation is 2. The van der Waals surface area contributed by atoms with E-state index in [-0.39, 0.29) is 18.4 Å². The minimum Gasteiger partial charge on any atom is -0.350 e. The third kappa shape index (κ3) is 3.80. The van der Waals surface area contributed by atoms with E-state index in [2.05, 4.69) is 16.4 Å². The number of imide groups is 1. The topological polar surface area (TPSA) is 62.3 Å². The maximum atomic E-state index is 13.2. The molecule has 5 nitrogen and oxygen atoms in total. The minimum absolute atomic E-state index is 0.180. The number of carbonyl (C=O) groups is 2. The molecule has 0 aliphatic carbocycles. The largest absolute Gasteiger partial charge is 0.350 e. The molecule has 2 amide bonds. The summed E-state index contributed by atoms with van der Waals surface area (Å²) in [6.07, 6.45) is 3.33. The summed E-state index contributed by atoms with van der Waals surface area (Å²) in [5.74, 6) is -0.645. The lowest BCUT2D eigenvalue weighted by molar-refractivity contribution is -0.137. The monoisotopic (exact) mass is 383 g/mol. The van der Waals surface area contributed by atoms with Gasteiger partial charge in [0.25, 0.3) is 11.8 Å². The number of aromatic nitrogens is 1. The number of pyridine rings is 1. The van der Waals surface area contributed by atoms with Crippen molar-refractivity contribution in [2.75, 3.05) is 5.32 Å². The third-order valence-electron chi connectivity index (χ3n) is 4.79. The van der Waals surface area contributed by atoms with Gasteiger partial charge in [-0.2, -0.15) is 0 Å². The highest BCUT2D eigenvalue weighted by molar-refractivity contribution is 6.36. The first-order valence-corrected chi connectivity index (χ1v) is 9.43. The number of hydrogen-bond acceptors (Lipinski definition) is 4. The molecule has 0 unspecified atom stereocenters. The number of rotatable bonds is 5. The summed E-state index contributed by atoms with van der Waals surface area (Å²) in [7, 11) is 0. The van der Waals surface area contributed by atoms with Crippen LogP contribution < -0.4 is 5.32 Å². The smallest absolute Gasteiger partial charge is 0.278 e. The Bertz CT molecular complexity index is 1090. The Morgan fingerprint density at radius 2 is 1.62 bits per heavy atom. The number of nitrogens with one attached hydrogen (secondary N) is 1. The molecule has 2 aromatic carbocycles. The molecule has 1 aliphatic heterocycles. The molecule has 2 heterocycles. The summed E-state index contributed by atoms with van der Waals surface area (Å²) < 4.78 is 0. The van der Waals surface area contributed by atoms with Gasteiger partial charge in [0.15, 0.2) is 0 Å². The summed E-state index contributed by atoms with van der Waals surface area (Å²) in [6, 6.07) is 18.9. The van der Waals surface area contributed by atoms with E-state index in [0.717, 1.165) is 22.4 Å². The van der Waals surface area contributed by atoms with Crippen molar-refractivity contribution in [2.24, 2.45) is 0 Å². The maximum Gasteiger partial charge on any atom is 0.278 e. The summed E-state index contributed by atoms with van der Waals surface area (Å²) in [6.45, 7) is 4.18. The second-order valence-electron chi connectivity index (χ2n) is 7.18. The molecule has 1 aliphatic rings. The van der Waals surface area contributed by atoms with Gasteiger partial charge in [-0.25, -0.2) is 0 Å². The van der Waals surface area contributed by atoms with Crippen LogP contribution in [-0.4, -0.2) is 21.7 Å². The zero-order valence-corrected chi connectivity index (χ0v) is 16.3. The number of benzene rings is 2. The molecule has 0 saturated heterocycles. The van der Waals surface area contributed by atoms with Crippen LogP contribution in [0.15, 0.2) is 78.8 Å². The molecule has 0 saturated carbocycles. The fraction of sp³-hybridized carbons (Fsp3) is 0.125. The van der Waals surface area contributed by atoms with Crippen molar-refractivity contribution in [2.45, 2.75) is 20.4 Å². The van der Waals surface area contributed by atoms with Crippen LogP contribution in [0.25, 0.3) is 5.57 Å². The number of amides is 2. The highest BCUT2D eigenvalue weighted by Gasteiger charge is 2.39. The van der Waals surface area contributed by atoms with Gasteiger partial charge in [0.05, 0.1) is 12.1 Å². The zero-order chi connectivity index (χ0) is 20.4. The summed E-state index contributed by atoms with van der Waals surface area (Å²) in [5.41, 5.74) is 5.15. The van der Waals surface area contributed by atoms with Crippen molar-refractivity contribution < 1.29 is 9.59 Å². The quantitative estimate of drug-likeness (QED) is 0.674. The molecule has 29 heavy (non-hydrogen) atoms. The average molecular weight is 383 g/mol. The van der Waals surface area contributed by atoms with Crippen LogP contribution in [0.3, 0.4) is 0 Å². The molecular formula is C24H21N3O2. The molecule has 0 atom stereocenters. The van der Waals surface area contributed by atoms with Gasteiger partial charge in [0.2, 0.25) is 0 Å². The van der Waals surface area contributed by atoms with Crippen LogP contribution in [0.2, 0.25) is 0 Å². The van der Waals surface area contributed by atoms with Gasteiger partial charge >= 0.3 is 0 Å². The van der Waals surface area contributed by atoms with Crippen LogP contribution in [0, 0.1) is 13.8 Å². The summed E-state index contributed by atoms with van der Waals surface area (Å²) in [5, 5.41) is 3.22. The standard InChI is InChI=1S/C24H21N3O2/c1-16-11-17(2)13-20(12-16)26-22-21(19-8-4-3-5-9-19)23(28)27(24(22)29)15-18-7-6-10-25-14-18/h3-14,26H,15H2,1-2H3. The molecule has 3 aromatic rings. The predicted octanol–water partition coefficient (Wildman–Crippen LogP) is 4.09. The van der Waals surface area contributed by atoms with Crippen molar-refractivity contribution >= 4 is 23.1 Å². The Morgan fingerprint density at radius 3 is 2.28 bits per heavy atom. The van der Waals surface area contributed by atoms with Gasteiger partial charge in [-0.05, 0) is 54.3 Å². The first-order valence-electron chi connectivity index (χ1n) is 9.43. The Kier molecular flexibility index (Phi) is 4.96. The third-order valence-corrected chi connectivity index (χ3v) is 4.79. The Morgan fingerprint density at radius 1 is 0.897 bits per heavy atom. The fourth-order valence-corrected chi connectivity index (χ4v) is 3.57. The second kappa shape index (κ2) is 7.72. The Labute approximate surface area is 169 Å². The lowest BCUT2D eigenvalue weighted by Crippen LogP contribution is -2.32. The molecule has 0 radical (unpaired) electrons. The van der Waals surface area contributed by atoms with E-state index in [1.165, 1.54) is 4.90 Å². The van der Waals surface area contributed by atoms with Gasteiger partial charge in [-0.15, -0.1) is 0 Å². The van der Waals surface area contributed by atoms with E-state index in [0.29, 0.717) is 16.8 Å². The maximum absolute atomic E-state index is 13.2. The van der Waals surface area contributed by atoms with Crippen LogP contribution in [0.5, 0.6) is 0 Å². The molecule has 1 aromatic heterocycles. The van der Waals surface area contributed by atoms with E-state index >= 15 is 0 Å². The molecule has 144 valence electrons. The number of carbonyl (C=O) groups excluding carboxylic acids is 2. The van der Waals surface area contributed by atoms with Crippen molar-refractivity contribution in [1.82, 2.24) is 9.88 Å². The second-order valence-corrected chi connectivity index (χ2v) is 7.18. The molecule has 5 heteroatoms. The van der Waals surface area contributed by atoms with Crippen LogP contribution >= 0.6 is 0 Å². The number of anilines is 1. The molecule has 0 bridgehead atoms. The number of nitrogens with zero attached hydrogens (tertiary/aromatic N) is 2. The van der Waals surface area contributed by atoms with Crippen LogP contribution in [0.4, 0.5) is 5.69 Å². The molecule has 1 N–H and O–H groups in total. The predicted molar refractivity (Wildman–Crippen MR) is 113 cm³/mol. The highest BCUT2D eigenvalue weighted by atomic mass is 16.2. The van der Waals surface area contributed by atoms with Gasteiger partial charge in [-0.1, -0.05) is 42.5 Å². The molecular weight excluding hydrogens is 362 g/mol. The molecule has 0 fully saturated rings. The van der Waals surface area contributed by atoms with Gasteiger partial charge in [-0.3, -0.25) is 19.5 Å². The first kappa shape index (κ1) is 18.6. The van der Waals surface area contributed by atoms with Crippen molar-refractivity contribution in [3.8, 4) is 0 Å². The van der Waals surface area contributed by atoms with E-state index in [1.807, 2.05) is 62.4 Å². The van der Waals surface area contributed by atoms with Gasteiger partial charge in [0, 0.05) is 18.1 Å². The van der Waals surface area contributed by atoms with E-state index in [9.17, 15) is 9.59 Å². The lowest BCUT2D eigenvalue weighted by Gasteiger charge is -2.15. The van der Waals surface area contributed by atoms with E-state index < -0.39 is 0 Å². The minimum atomic E-state index is -0.336. The fourth-order valence-electron chi connectivity index (χ4n) is 3.57. The van der Waals surface area contributed by atoms with Gasteiger partial charge in [0.1, 0.15) is 5.70 Å². The zero-order valence-electron chi connectivity index (χ0n) is 16.3. The first-order chi connectivity index (χ1) is 14.0. The Hall–Kier alpha value is -3.73. The van der Waals surface area contributed by atoms with Crippen molar-refractivity contribution in [1.29, 1.82) is 0 Å². The highest BCUT2D eigenvalue weighted by Crippen LogP contribution is 2.31. The lowest BCUT2D eigenvalue weighted by atomic mass is 10.0. The normalized spacial score (nSPS) is 13.9. The number of hydrogen-bond donors (Lipinski definition) is 1. The average Bonchev–Trinajstić information content (AvgIpc) is 2.93. The summed E-state index contributed by atoms with van der Waals surface area (Å²) in [4.78, 5) is 31.8. The van der Waals surface area contributed by atoms with Crippen molar-refractivity contribution in [3.63, 3.8) is 0 Å². The summed E-state index contributed by atoms with van der Waals surface area (Å²) >= 11 is 0. The van der Waals surface area contributed by atoms with Gasteiger partial charge < -0.3 is 5.32 Å². The molecule has 4 rings (SSSR count). The SMILES string of the molecule is Cc1cc(C)cc(NC2=C(c3ccccc3)C(=O)N(Cc3cccnc3)C2=O)c1. The van der Waals surface area contributed by atoms with E-state index in [4.69, 9.17) is 0 Å².